The number of nitrogens with zero attached hydrogens (tertiary/aromatic N) is 1. The van der Waals surface area contributed by atoms with E-state index in [-0.39, 0.29) is 11.7 Å². The van der Waals surface area contributed by atoms with Gasteiger partial charge in [-0.3, -0.25) is 4.79 Å². The molecule has 0 N–H and O–H groups in total. The zero-order chi connectivity index (χ0) is 19.8. The zero-order valence-corrected chi connectivity index (χ0v) is 17.4. The highest BCUT2D eigenvalue weighted by atomic mass is 16.5. The number of hydrogen-bond donors (Lipinski definition) is 0. The number of carbonyl (C=O) groups is 1. The first-order chi connectivity index (χ1) is 13.0. The van der Waals surface area contributed by atoms with E-state index in [2.05, 4.69) is 25.7 Å². The molecule has 2 aromatic rings. The Kier molecular flexibility index (Phi) is 8.05. The van der Waals surface area contributed by atoms with Crippen molar-refractivity contribution in [3.8, 4) is 5.75 Å². The summed E-state index contributed by atoms with van der Waals surface area (Å²) in [6.07, 6.45) is 0.795. The van der Waals surface area contributed by atoms with Crippen LogP contribution >= 0.6 is 0 Å². The molecule has 1 unspecified atom stereocenters. The Morgan fingerprint density at radius 1 is 1.00 bits per heavy atom. The molecule has 0 saturated carbocycles. The van der Waals surface area contributed by atoms with Crippen LogP contribution < -0.4 is 4.74 Å². The van der Waals surface area contributed by atoms with E-state index in [1.165, 1.54) is 0 Å². The Morgan fingerprint density at radius 3 is 2.11 bits per heavy atom. The molecule has 0 spiro atoms. The Labute approximate surface area is 164 Å². The lowest BCUT2D eigenvalue weighted by molar-refractivity contribution is 0.0957. The van der Waals surface area contributed by atoms with Crippen molar-refractivity contribution in [1.82, 2.24) is 4.90 Å². The number of carbonyl (C=O) groups excluding carboxylic acids is 1. The van der Waals surface area contributed by atoms with Crippen molar-refractivity contribution in [1.29, 1.82) is 0 Å². The summed E-state index contributed by atoms with van der Waals surface area (Å²) in [6, 6.07) is 14.0. The fourth-order valence-corrected chi connectivity index (χ4v) is 3.60. The second-order valence-corrected chi connectivity index (χ2v) is 7.05. The van der Waals surface area contributed by atoms with Crippen LogP contribution in [0.5, 0.6) is 5.75 Å². The number of Topliss-reactive ketones (excluding diaryl/α,β-unsaturated/α-hetero) is 1. The minimum atomic E-state index is -0.0977. The highest BCUT2D eigenvalue weighted by molar-refractivity contribution is 6.01. The van der Waals surface area contributed by atoms with E-state index in [1.54, 1.807) is 0 Å². The number of rotatable bonds is 10. The first-order valence-corrected chi connectivity index (χ1v) is 10.1. The summed E-state index contributed by atoms with van der Waals surface area (Å²) in [5.41, 5.74) is 3.92. The standard InChI is InChI=1S/C24H33NO2/c1-6-22(20-12-10-9-11-13-20)23(26)21-16-18(4)24(19(5)17-21)27-15-14-25(7-2)8-3/h9-13,16-17,22H,6-8,14-15H2,1-5H3. The maximum absolute atomic E-state index is 13.1. The molecule has 1 atom stereocenters. The van der Waals surface area contributed by atoms with Gasteiger partial charge in [0.2, 0.25) is 0 Å². The van der Waals surface area contributed by atoms with Crippen molar-refractivity contribution in [3.05, 3.63) is 64.7 Å². The lowest BCUT2D eigenvalue weighted by Crippen LogP contribution is -2.28. The summed E-state index contributed by atoms with van der Waals surface area (Å²) in [4.78, 5) is 15.5. The van der Waals surface area contributed by atoms with Gasteiger partial charge < -0.3 is 9.64 Å². The van der Waals surface area contributed by atoms with E-state index >= 15 is 0 Å². The highest BCUT2D eigenvalue weighted by Gasteiger charge is 2.21. The van der Waals surface area contributed by atoms with E-state index in [1.807, 2.05) is 56.3 Å². The van der Waals surface area contributed by atoms with Crippen LogP contribution in [0.2, 0.25) is 0 Å². The summed E-state index contributed by atoms with van der Waals surface area (Å²) in [7, 11) is 0. The van der Waals surface area contributed by atoms with Gasteiger partial charge in [0, 0.05) is 18.0 Å². The molecule has 0 bridgehead atoms. The van der Waals surface area contributed by atoms with Gasteiger partial charge in [-0.25, -0.2) is 0 Å². The zero-order valence-electron chi connectivity index (χ0n) is 17.4. The van der Waals surface area contributed by atoms with Gasteiger partial charge in [-0.05, 0) is 62.2 Å². The van der Waals surface area contributed by atoms with E-state index in [9.17, 15) is 4.79 Å². The first-order valence-electron chi connectivity index (χ1n) is 10.1. The van der Waals surface area contributed by atoms with Crippen LogP contribution in [-0.4, -0.2) is 36.9 Å². The molecule has 0 amide bonds. The normalized spacial score (nSPS) is 12.2. The van der Waals surface area contributed by atoms with Gasteiger partial charge in [0.05, 0.1) is 0 Å². The van der Waals surface area contributed by atoms with Crippen LogP contribution in [0.3, 0.4) is 0 Å². The predicted molar refractivity (Wildman–Crippen MR) is 113 cm³/mol. The molecule has 0 aliphatic carbocycles. The smallest absolute Gasteiger partial charge is 0.170 e. The molecule has 0 aliphatic rings. The summed E-state index contributed by atoms with van der Waals surface area (Å²) >= 11 is 0. The van der Waals surface area contributed by atoms with Crippen LogP contribution in [0, 0.1) is 13.8 Å². The summed E-state index contributed by atoms with van der Waals surface area (Å²) in [5, 5.41) is 0. The van der Waals surface area contributed by atoms with Crippen molar-refractivity contribution in [3.63, 3.8) is 0 Å². The Hall–Kier alpha value is -2.13. The monoisotopic (exact) mass is 367 g/mol. The highest BCUT2D eigenvalue weighted by Crippen LogP contribution is 2.29. The van der Waals surface area contributed by atoms with Gasteiger partial charge in [0.1, 0.15) is 12.4 Å². The first kappa shape index (κ1) is 21.2. The molecule has 3 nitrogen and oxygen atoms in total. The molecule has 3 heteroatoms. The van der Waals surface area contributed by atoms with Crippen LogP contribution in [0.1, 0.15) is 60.2 Å². The van der Waals surface area contributed by atoms with Crippen molar-refractivity contribution in [2.75, 3.05) is 26.2 Å². The quantitative estimate of drug-likeness (QED) is 0.527. The van der Waals surface area contributed by atoms with Crippen molar-refractivity contribution in [2.45, 2.75) is 47.0 Å². The number of ether oxygens (including phenoxy) is 1. The van der Waals surface area contributed by atoms with Crippen LogP contribution in [0.15, 0.2) is 42.5 Å². The Bertz CT molecular complexity index is 712. The lowest BCUT2D eigenvalue weighted by Gasteiger charge is -2.20. The molecule has 0 heterocycles. The Morgan fingerprint density at radius 2 is 1.59 bits per heavy atom. The molecule has 0 saturated heterocycles. The summed E-state index contributed by atoms with van der Waals surface area (Å²) in [6.45, 7) is 14.1. The fraction of sp³-hybridized carbons (Fsp3) is 0.458. The maximum Gasteiger partial charge on any atom is 0.170 e. The van der Waals surface area contributed by atoms with Gasteiger partial charge in [-0.2, -0.15) is 0 Å². The van der Waals surface area contributed by atoms with Gasteiger partial charge >= 0.3 is 0 Å². The third-order valence-electron chi connectivity index (χ3n) is 5.22. The van der Waals surface area contributed by atoms with E-state index in [4.69, 9.17) is 4.74 Å². The van der Waals surface area contributed by atoms with Gasteiger partial charge in [0.15, 0.2) is 5.78 Å². The minimum Gasteiger partial charge on any atom is -0.492 e. The molecule has 146 valence electrons. The minimum absolute atomic E-state index is 0.0977. The molecular weight excluding hydrogens is 334 g/mol. The number of hydrogen-bond acceptors (Lipinski definition) is 3. The van der Waals surface area contributed by atoms with Gasteiger partial charge in [-0.15, -0.1) is 0 Å². The van der Waals surface area contributed by atoms with Crippen molar-refractivity contribution in [2.24, 2.45) is 0 Å². The molecule has 2 aromatic carbocycles. The SMILES string of the molecule is CCC(C(=O)c1cc(C)c(OCCN(CC)CC)c(C)c1)c1ccccc1. The lowest BCUT2D eigenvalue weighted by atomic mass is 9.87. The number of aryl methyl sites for hydroxylation is 2. The third kappa shape index (κ3) is 5.43. The Balaban J connectivity index is 2.16. The summed E-state index contributed by atoms with van der Waals surface area (Å²) in [5.74, 6) is 0.996. The molecule has 0 fully saturated rings. The van der Waals surface area contributed by atoms with E-state index in [0.717, 1.165) is 54.1 Å². The molecule has 0 aromatic heterocycles. The van der Waals surface area contributed by atoms with Crippen LogP contribution in [-0.2, 0) is 0 Å². The topological polar surface area (TPSA) is 29.5 Å². The van der Waals surface area contributed by atoms with Crippen LogP contribution in [0.25, 0.3) is 0 Å². The van der Waals surface area contributed by atoms with Gasteiger partial charge in [-0.1, -0.05) is 51.1 Å². The number of ketones is 1. The largest absolute Gasteiger partial charge is 0.492 e. The second-order valence-electron chi connectivity index (χ2n) is 7.05. The van der Waals surface area contributed by atoms with Crippen LogP contribution in [0.4, 0.5) is 0 Å². The summed E-state index contributed by atoms with van der Waals surface area (Å²) < 4.78 is 6.05. The van der Waals surface area contributed by atoms with Gasteiger partial charge in [0.25, 0.3) is 0 Å². The molecule has 2 rings (SSSR count). The number of benzene rings is 2. The van der Waals surface area contributed by atoms with E-state index in [0.29, 0.717) is 6.61 Å². The third-order valence-corrected chi connectivity index (χ3v) is 5.22. The van der Waals surface area contributed by atoms with E-state index < -0.39 is 0 Å². The maximum atomic E-state index is 13.1. The average Bonchev–Trinajstić information content (AvgIpc) is 2.68. The molecule has 0 aliphatic heterocycles. The van der Waals surface area contributed by atoms with Crippen molar-refractivity contribution < 1.29 is 9.53 Å². The molecular formula is C24H33NO2. The fourth-order valence-electron chi connectivity index (χ4n) is 3.60. The number of likely N-dealkylation sites (N-methyl/N-ethyl adjacent to an activating group) is 1. The average molecular weight is 368 g/mol. The molecule has 0 radical (unpaired) electrons. The predicted octanol–water partition coefficient (Wildman–Crippen LogP) is 5.40. The molecule has 27 heavy (non-hydrogen) atoms. The van der Waals surface area contributed by atoms with Crippen molar-refractivity contribution >= 4 is 5.78 Å². The second kappa shape index (κ2) is 10.3.